The molecule has 0 spiro atoms. The molecule has 4 rings (SSSR count). The van der Waals surface area contributed by atoms with Crippen molar-refractivity contribution in [2.75, 3.05) is 11.1 Å². The Balaban J connectivity index is 1.51. The van der Waals surface area contributed by atoms with Gasteiger partial charge in [-0.15, -0.1) is 0 Å². The van der Waals surface area contributed by atoms with E-state index in [4.69, 9.17) is 23.2 Å². The van der Waals surface area contributed by atoms with Gasteiger partial charge >= 0.3 is 0 Å². The summed E-state index contributed by atoms with van der Waals surface area (Å²) in [5.41, 5.74) is 1.33. The van der Waals surface area contributed by atoms with Crippen LogP contribution in [-0.2, 0) is 14.6 Å². The molecule has 4 aromatic rings. The van der Waals surface area contributed by atoms with Crippen LogP contribution in [0.3, 0.4) is 0 Å². The zero-order valence-electron chi connectivity index (χ0n) is 16.2. The molecule has 31 heavy (non-hydrogen) atoms. The molecule has 0 atom stereocenters. The molecule has 2 aromatic carbocycles. The minimum absolute atomic E-state index is 0.122. The summed E-state index contributed by atoms with van der Waals surface area (Å²) in [5.74, 6) is -0.371. The minimum atomic E-state index is -3.61. The number of aryl methyl sites for hydroxylation is 1. The molecule has 0 saturated carbocycles. The molecule has 0 aliphatic rings. The average Bonchev–Trinajstić information content (AvgIpc) is 3.31. The van der Waals surface area contributed by atoms with Crippen LogP contribution < -0.4 is 5.32 Å². The van der Waals surface area contributed by atoms with Crippen molar-refractivity contribution in [1.29, 1.82) is 0 Å². The topological polar surface area (TPSA) is 94.0 Å². The zero-order valence-corrected chi connectivity index (χ0v) is 19.3. The maximum atomic E-state index is 12.5. The second-order valence-corrected chi connectivity index (χ2v) is 10.7. The second kappa shape index (κ2) is 8.58. The lowest BCUT2D eigenvalue weighted by Gasteiger charge is -2.07. The molecule has 0 aliphatic carbocycles. The van der Waals surface area contributed by atoms with Gasteiger partial charge in [0.05, 0.1) is 26.1 Å². The SMILES string of the molecule is Cc1cc(NC(=O)CCS(=O)(=O)c2ccc(Cl)cc2)n(-c2nc3c(Cl)cccc3s2)n1. The van der Waals surface area contributed by atoms with E-state index in [2.05, 4.69) is 15.4 Å². The van der Waals surface area contributed by atoms with Crippen LogP contribution >= 0.6 is 34.5 Å². The number of para-hydroxylation sites is 1. The third-order valence-corrected chi connectivity index (χ3v) is 7.69. The van der Waals surface area contributed by atoms with Crippen molar-refractivity contribution >= 4 is 66.3 Å². The van der Waals surface area contributed by atoms with Gasteiger partial charge in [0.1, 0.15) is 11.3 Å². The van der Waals surface area contributed by atoms with E-state index in [-0.39, 0.29) is 17.1 Å². The predicted octanol–water partition coefficient (Wildman–Crippen LogP) is 4.90. The van der Waals surface area contributed by atoms with Gasteiger partial charge in [0.25, 0.3) is 0 Å². The zero-order chi connectivity index (χ0) is 22.2. The van der Waals surface area contributed by atoms with Gasteiger partial charge in [-0.1, -0.05) is 40.6 Å². The highest BCUT2D eigenvalue weighted by Crippen LogP contribution is 2.31. The summed E-state index contributed by atoms with van der Waals surface area (Å²) >= 11 is 13.4. The molecule has 0 bridgehead atoms. The average molecular weight is 495 g/mol. The number of benzene rings is 2. The van der Waals surface area contributed by atoms with E-state index in [1.807, 2.05) is 12.1 Å². The van der Waals surface area contributed by atoms with Crippen molar-refractivity contribution < 1.29 is 13.2 Å². The van der Waals surface area contributed by atoms with Crippen molar-refractivity contribution in [1.82, 2.24) is 14.8 Å². The third kappa shape index (κ3) is 4.74. The van der Waals surface area contributed by atoms with Crippen LogP contribution in [0.2, 0.25) is 10.0 Å². The quantitative estimate of drug-likeness (QED) is 0.411. The normalized spacial score (nSPS) is 11.7. The highest BCUT2D eigenvalue weighted by Gasteiger charge is 2.19. The third-order valence-electron chi connectivity index (χ3n) is 4.41. The second-order valence-electron chi connectivity index (χ2n) is 6.74. The molecule has 1 amide bonds. The van der Waals surface area contributed by atoms with Gasteiger partial charge in [-0.3, -0.25) is 4.79 Å². The summed E-state index contributed by atoms with van der Waals surface area (Å²) in [4.78, 5) is 17.1. The maximum Gasteiger partial charge on any atom is 0.226 e. The number of rotatable bonds is 6. The largest absolute Gasteiger partial charge is 0.310 e. The highest BCUT2D eigenvalue weighted by atomic mass is 35.5. The lowest BCUT2D eigenvalue weighted by molar-refractivity contribution is -0.115. The molecular weight excluding hydrogens is 479 g/mol. The maximum absolute atomic E-state index is 12.5. The van der Waals surface area contributed by atoms with E-state index < -0.39 is 15.7 Å². The van der Waals surface area contributed by atoms with Crippen molar-refractivity contribution in [2.24, 2.45) is 0 Å². The van der Waals surface area contributed by atoms with E-state index in [9.17, 15) is 13.2 Å². The summed E-state index contributed by atoms with van der Waals surface area (Å²) in [5, 5.41) is 8.64. The number of hydrogen-bond donors (Lipinski definition) is 1. The van der Waals surface area contributed by atoms with E-state index in [1.165, 1.54) is 40.3 Å². The highest BCUT2D eigenvalue weighted by molar-refractivity contribution is 7.91. The summed E-state index contributed by atoms with van der Waals surface area (Å²) in [6.07, 6.45) is -0.207. The first kappa shape index (κ1) is 21.8. The van der Waals surface area contributed by atoms with Crippen molar-refractivity contribution in [3.8, 4) is 5.13 Å². The Kier molecular flexibility index (Phi) is 6.02. The van der Waals surface area contributed by atoms with Crippen molar-refractivity contribution in [3.05, 3.63) is 64.3 Å². The summed E-state index contributed by atoms with van der Waals surface area (Å²) in [6.45, 7) is 1.79. The Hall–Kier alpha value is -2.46. The number of halogens is 2. The van der Waals surface area contributed by atoms with Gasteiger partial charge in [-0.25, -0.2) is 13.4 Å². The molecule has 0 aliphatic heterocycles. The summed E-state index contributed by atoms with van der Waals surface area (Å²) in [7, 11) is -3.61. The number of carbonyl (C=O) groups excluding carboxylic acids is 1. The van der Waals surface area contributed by atoms with Crippen LogP contribution in [0.25, 0.3) is 15.3 Å². The van der Waals surface area contributed by atoms with Crippen LogP contribution in [0.15, 0.2) is 53.4 Å². The standard InChI is InChI=1S/C20H16Cl2N4O3S2/c1-12-11-17(26(25-12)20-24-19-15(22)3-2-4-16(19)30-20)23-18(27)9-10-31(28,29)14-7-5-13(21)6-8-14/h2-8,11H,9-10H2,1H3,(H,23,27). The Labute approximate surface area is 192 Å². The molecule has 2 aromatic heterocycles. The number of aromatic nitrogens is 3. The smallest absolute Gasteiger partial charge is 0.226 e. The lowest BCUT2D eigenvalue weighted by Crippen LogP contribution is -2.19. The molecule has 0 fully saturated rings. The van der Waals surface area contributed by atoms with Gasteiger partial charge in [0.2, 0.25) is 11.0 Å². The van der Waals surface area contributed by atoms with Gasteiger partial charge in [0, 0.05) is 17.5 Å². The van der Waals surface area contributed by atoms with Gasteiger partial charge in [0.15, 0.2) is 9.84 Å². The molecule has 11 heteroatoms. The fraction of sp³-hybridized carbons (Fsp3) is 0.150. The number of anilines is 1. The van der Waals surface area contributed by atoms with Crippen LogP contribution in [0, 0.1) is 6.92 Å². The molecule has 0 saturated heterocycles. The number of amides is 1. The molecular formula is C20H16Cl2N4O3S2. The number of hydrogen-bond acceptors (Lipinski definition) is 6. The van der Waals surface area contributed by atoms with Gasteiger partial charge in [-0.05, 0) is 43.3 Å². The Morgan fingerprint density at radius 3 is 2.61 bits per heavy atom. The number of nitrogens with zero attached hydrogens (tertiary/aromatic N) is 3. The molecule has 1 N–H and O–H groups in total. The van der Waals surface area contributed by atoms with Crippen LogP contribution in [-0.4, -0.2) is 34.8 Å². The van der Waals surface area contributed by atoms with E-state index >= 15 is 0 Å². The molecule has 0 unspecified atom stereocenters. The molecule has 160 valence electrons. The molecule has 7 nitrogen and oxygen atoms in total. The molecule has 2 heterocycles. The summed E-state index contributed by atoms with van der Waals surface area (Å²) < 4.78 is 27.3. The number of carbonyl (C=O) groups is 1. The fourth-order valence-electron chi connectivity index (χ4n) is 2.92. The Morgan fingerprint density at radius 1 is 1.16 bits per heavy atom. The fourth-order valence-corrected chi connectivity index (χ4v) is 5.52. The van der Waals surface area contributed by atoms with Crippen LogP contribution in [0.5, 0.6) is 0 Å². The first-order chi connectivity index (χ1) is 14.7. The number of fused-ring (bicyclic) bond motifs is 1. The van der Waals surface area contributed by atoms with E-state index in [1.54, 1.807) is 19.1 Å². The van der Waals surface area contributed by atoms with Gasteiger partial charge < -0.3 is 5.32 Å². The van der Waals surface area contributed by atoms with Crippen LogP contribution in [0.4, 0.5) is 5.82 Å². The van der Waals surface area contributed by atoms with Crippen molar-refractivity contribution in [2.45, 2.75) is 18.2 Å². The monoisotopic (exact) mass is 494 g/mol. The van der Waals surface area contributed by atoms with Crippen LogP contribution in [0.1, 0.15) is 12.1 Å². The first-order valence-corrected chi connectivity index (χ1v) is 12.4. The Morgan fingerprint density at radius 2 is 1.90 bits per heavy atom. The number of nitrogens with one attached hydrogen (secondary N) is 1. The van der Waals surface area contributed by atoms with E-state index in [0.29, 0.717) is 32.2 Å². The summed E-state index contributed by atoms with van der Waals surface area (Å²) in [6, 6.07) is 13.0. The number of sulfone groups is 1. The van der Waals surface area contributed by atoms with Crippen molar-refractivity contribution in [3.63, 3.8) is 0 Å². The van der Waals surface area contributed by atoms with Gasteiger partial charge in [-0.2, -0.15) is 9.78 Å². The van der Waals surface area contributed by atoms with E-state index in [0.717, 1.165) is 4.70 Å². The predicted molar refractivity (Wildman–Crippen MR) is 123 cm³/mol. The Bertz CT molecular complexity index is 1380. The lowest BCUT2D eigenvalue weighted by atomic mass is 10.3. The minimum Gasteiger partial charge on any atom is -0.310 e. The molecule has 0 radical (unpaired) electrons. The number of thiazole rings is 1. The first-order valence-electron chi connectivity index (χ1n) is 9.13.